The van der Waals surface area contributed by atoms with E-state index in [1.54, 1.807) is 0 Å². The molecule has 0 amide bonds. The zero-order valence-electron chi connectivity index (χ0n) is 11.5. The summed E-state index contributed by atoms with van der Waals surface area (Å²) in [4.78, 5) is 12.1. The van der Waals surface area contributed by atoms with E-state index in [1.165, 1.54) is 32.1 Å². The number of aryl methyl sites for hydroxylation is 1. The summed E-state index contributed by atoms with van der Waals surface area (Å²) >= 11 is 3.42. The number of ketones is 1. The maximum Gasteiger partial charge on any atom is 0.163 e. The molecule has 0 heterocycles. The number of carbonyl (C=O) groups is 1. The van der Waals surface area contributed by atoms with E-state index in [2.05, 4.69) is 22.9 Å². The number of carbonyl (C=O) groups excluding carboxylic acids is 1. The molecule has 1 nitrogen and oxygen atoms in total. The highest BCUT2D eigenvalue weighted by Gasteiger charge is 2.09. The van der Waals surface area contributed by atoms with Gasteiger partial charge in [-0.2, -0.15) is 0 Å². The predicted molar refractivity (Wildman–Crippen MR) is 81.2 cm³/mol. The standard InChI is InChI=1S/C16H23BrO/c1-3-4-5-6-7-8-9-16(18)15-12-14(17)11-10-13(15)2/h10-12H,3-9H2,1-2H3. The molecule has 2 heteroatoms. The SMILES string of the molecule is CCCCCCCCC(=O)c1cc(Br)ccc1C. The van der Waals surface area contributed by atoms with Crippen molar-refractivity contribution in [3.8, 4) is 0 Å². The van der Waals surface area contributed by atoms with E-state index in [9.17, 15) is 4.79 Å². The Bertz CT molecular complexity index is 385. The molecule has 0 aliphatic rings. The number of rotatable bonds is 8. The van der Waals surface area contributed by atoms with Gasteiger partial charge in [0.25, 0.3) is 0 Å². The lowest BCUT2D eigenvalue weighted by molar-refractivity contribution is 0.0978. The zero-order valence-corrected chi connectivity index (χ0v) is 13.1. The van der Waals surface area contributed by atoms with Crippen LogP contribution in [0.4, 0.5) is 0 Å². The van der Waals surface area contributed by atoms with Crippen LogP contribution < -0.4 is 0 Å². The van der Waals surface area contributed by atoms with Crippen LogP contribution in [0.15, 0.2) is 22.7 Å². The average molecular weight is 311 g/mol. The van der Waals surface area contributed by atoms with Gasteiger partial charge in [-0.05, 0) is 31.0 Å². The van der Waals surface area contributed by atoms with E-state index in [-0.39, 0.29) is 5.78 Å². The Morgan fingerprint density at radius 1 is 1.11 bits per heavy atom. The van der Waals surface area contributed by atoms with Crippen molar-refractivity contribution in [3.63, 3.8) is 0 Å². The third-order valence-corrected chi connectivity index (χ3v) is 3.75. The minimum Gasteiger partial charge on any atom is -0.294 e. The van der Waals surface area contributed by atoms with Gasteiger partial charge in [0.2, 0.25) is 0 Å². The van der Waals surface area contributed by atoms with Crippen molar-refractivity contribution in [1.82, 2.24) is 0 Å². The van der Waals surface area contributed by atoms with Crippen LogP contribution in [0.2, 0.25) is 0 Å². The zero-order chi connectivity index (χ0) is 13.4. The summed E-state index contributed by atoms with van der Waals surface area (Å²) in [6.07, 6.45) is 8.05. The first kappa shape index (κ1) is 15.4. The Balaban J connectivity index is 2.34. The molecule has 0 saturated heterocycles. The molecular formula is C16H23BrO. The van der Waals surface area contributed by atoms with Gasteiger partial charge >= 0.3 is 0 Å². The van der Waals surface area contributed by atoms with Crippen molar-refractivity contribution >= 4 is 21.7 Å². The van der Waals surface area contributed by atoms with Crippen molar-refractivity contribution in [1.29, 1.82) is 0 Å². The van der Waals surface area contributed by atoms with Crippen molar-refractivity contribution in [3.05, 3.63) is 33.8 Å². The van der Waals surface area contributed by atoms with Crippen LogP contribution in [0, 0.1) is 6.92 Å². The van der Waals surface area contributed by atoms with Crippen LogP contribution in [0.3, 0.4) is 0 Å². The molecule has 0 fully saturated rings. The fourth-order valence-corrected chi connectivity index (χ4v) is 2.46. The molecule has 0 unspecified atom stereocenters. The molecule has 0 atom stereocenters. The Labute approximate surface area is 119 Å². The van der Waals surface area contributed by atoms with E-state index < -0.39 is 0 Å². The maximum atomic E-state index is 12.1. The first-order valence-electron chi connectivity index (χ1n) is 6.94. The highest BCUT2D eigenvalue weighted by atomic mass is 79.9. The molecule has 100 valence electrons. The second-order valence-corrected chi connectivity index (χ2v) is 5.82. The number of Topliss-reactive ketones (excluding diaryl/α,β-unsaturated/α-hetero) is 1. The summed E-state index contributed by atoms with van der Waals surface area (Å²) in [7, 11) is 0. The number of hydrogen-bond donors (Lipinski definition) is 0. The summed E-state index contributed by atoms with van der Waals surface area (Å²) in [5.41, 5.74) is 1.95. The lowest BCUT2D eigenvalue weighted by Gasteiger charge is -2.05. The van der Waals surface area contributed by atoms with Crippen molar-refractivity contribution in [2.45, 2.75) is 58.8 Å². The molecule has 0 aliphatic heterocycles. The molecule has 0 aliphatic carbocycles. The van der Waals surface area contributed by atoms with Crippen LogP contribution in [0.1, 0.15) is 67.8 Å². The van der Waals surface area contributed by atoms with Crippen LogP contribution >= 0.6 is 15.9 Å². The van der Waals surface area contributed by atoms with Gasteiger partial charge in [-0.15, -0.1) is 0 Å². The molecule has 0 saturated carbocycles. The quantitative estimate of drug-likeness (QED) is 0.445. The molecule has 1 aromatic carbocycles. The predicted octanol–water partition coefficient (Wildman–Crippen LogP) is 5.69. The van der Waals surface area contributed by atoms with Gasteiger partial charge in [-0.3, -0.25) is 4.79 Å². The molecule has 1 aromatic rings. The van der Waals surface area contributed by atoms with Gasteiger partial charge in [0, 0.05) is 16.5 Å². The monoisotopic (exact) mass is 310 g/mol. The fourth-order valence-electron chi connectivity index (χ4n) is 2.10. The largest absolute Gasteiger partial charge is 0.294 e. The lowest BCUT2D eigenvalue weighted by Crippen LogP contribution is -2.01. The summed E-state index contributed by atoms with van der Waals surface area (Å²) in [5.74, 6) is 0.282. The topological polar surface area (TPSA) is 17.1 Å². The maximum absolute atomic E-state index is 12.1. The number of benzene rings is 1. The summed E-state index contributed by atoms with van der Waals surface area (Å²) < 4.78 is 0.986. The summed E-state index contributed by atoms with van der Waals surface area (Å²) in [5, 5.41) is 0. The van der Waals surface area contributed by atoms with Crippen molar-refractivity contribution in [2.75, 3.05) is 0 Å². The Morgan fingerprint density at radius 3 is 2.50 bits per heavy atom. The number of hydrogen-bond acceptors (Lipinski definition) is 1. The van der Waals surface area contributed by atoms with Crippen LogP contribution in [0.25, 0.3) is 0 Å². The van der Waals surface area contributed by atoms with Gasteiger partial charge < -0.3 is 0 Å². The lowest BCUT2D eigenvalue weighted by atomic mass is 10.00. The van der Waals surface area contributed by atoms with Gasteiger partial charge in [-0.25, -0.2) is 0 Å². The minimum atomic E-state index is 0.282. The molecule has 0 N–H and O–H groups in total. The Hall–Kier alpha value is -0.630. The molecule has 0 bridgehead atoms. The second kappa shape index (κ2) is 8.47. The first-order valence-corrected chi connectivity index (χ1v) is 7.73. The molecule has 0 spiro atoms. The molecular weight excluding hydrogens is 288 g/mol. The normalized spacial score (nSPS) is 10.6. The van der Waals surface area contributed by atoms with Crippen LogP contribution in [-0.4, -0.2) is 5.78 Å². The highest BCUT2D eigenvalue weighted by molar-refractivity contribution is 9.10. The fraction of sp³-hybridized carbons (Fsp3) is 0.562. The van der Waals surface area contributed by atoms with E-state index in [1.807, 2.05) is 25.1 Å². The Morgan fingerprint density at radius 2 is 1.78 bits per heavy atom. The molecule has 18 heavy (non-hydrogen) atoms. The van der Waals surface area contributed by atoms with Gasteiger partial charge in [0.15, 0.2) is 5.78 Å². The average Bonchev–Trinajstić information content (AvgIpc) is 2.36. The summed E-state index contributed by atoms with van der Waals surface area (Å²) in [6.45, 7) is 4.22. The minimum absolute atomic E-state index is 0.282. The van der Waals surface area contributed by atoms with Crippen LogP contribution in [0.5, 0.6) is 0 Å². The molecule has 0 radical (unpaired) electrons. The Kier molecular flexibility index (Phi) is 7.26. The van der Waals surface area contributed by atoms with E-state index in [4.69, 9.17) is 0 Å². The smallest absolute Gasteiger partial charge is 0.163 e. The number of unbranched alkanes of at least 4 members (excludes halogenated alkanes) is 5. The van der Waals surface area contributed by atoms with E-state index in [0.29, 0.717) is 6.42 Å². The highest BCUT2D eigenvalue weighted by Crippen LogP contribution is 2.19. The van der Waals surface area contributed by atoms with Crippen molar-refractivity contribution < 1.29 is 4.79 Å². The molecule has 1 rings (SSSR count). The van der Waals surface area contributed by atoms with E-state index >= 15 is 0 Å². The first-order chi connectivity index (χ1) is 8.65. The van der Waals surface area contributed by atoms with E-state index in [0.717, 1.165) is 22.0 Å². The second-order valence-electron chi connectivity index (χ2n) is 4.90. The van der Waals surface area contributed by atoms with Gasteiger partial charge in [0.05, 0.1) is 0 Å². The third-order valence-electron chi connectivity index (χ3n) is 3.26. The number of halogens is 1. The molecule has 0 aromatic heterocycles. The third kappa shape index (κ3) is 5.34. The summed E-state index contributed by atoms with van der Waals surface area (Å²) in [6, 6.07) is 5.92. The van der Waals surface area contributed by atoms with Crippen molar-refractivity contribution in [2.24, 2.45) is 0 Å². The van der Waals surface area contributed by atoms with Gasteiger partial charge in [0.1, 0.15) is 0 Å². The van der Waals surface area contributed by atoms with Crippen LogP contribution in [-0.2, 0) is 0 Å². The van der Waals surface area contributed by atoms with Gasteiger partial charge in [-0.1, -0.05) is 61.0 Å².